The predicted octanol–water partition coefficient (Wildman–Crippen LogP) is 4.75. The minimum absolute atomic E-state index is 0.109. The fraction of sp³-hybridized carbons (Fsp3) is 0.107. The Morgan fingerprint density at radius 2 is 1.64 bits per heavy atom. The fourth-order valence-corrected chi connectivity index (χ4v) is 5.58. The third-order valence-electron chi connectivity index (χ3n) is 6.05. The van der Waals surface area contributed by atoms with Crippen molar-refractivity contribution < 1.29 is 18.3 Å². The molecule has 7 nitrogen and oxygen atoms in total. The summed E-state index contributed by atoms with van der Waals surface area (Å²) in [5.74, 6) is -0.268. The summed E-state index contributed by atoms with van der Waals surface area (Å²) < 4.78 is 25.5. The second kappa shape index (κ2) is 9.75. The number of aromatic nitrogens is 1. The molecule has 1 unspecified atom stereocenters. The molecule has 0 saturated heterocycles. The number of pyridine rings is 1. The molecule has 1 amide bonds. The van der Waals surface area contributed by atoms with Crippen LogP contribution in [-0.2, 0) is 15.6 Å². The summed E-state index contributed by atoms with van der Waals surface area (Å²) >= 11 is 0. The second-order valence-electron chi connectivity index (χ2n) is 8.52. The number of aromatic hydroxyl groups is 1. The van der Waals surface area contributed by atoms with Gasteiger partial charge in [-0.3, -0.25) is 9.78 Å². The van der Waals surface area contributed by atoms with Crippen LogP contribution in [-0.4, -0.2) is 35.1 Å². The number of sulfone groups is 1. The van der Waals surface area contributed by atoms with Crippen LogP contribution in [0.15, 0.2) is 113 Å². The van der Waals surface area contributed by atoms with Gasteiger partial charge in [0.2, 0.25) is 0 Å². The van der Waals surface area contributed by atoms with Crippen molar-refractivity contribution in [3.05, 3.63) is 126 Å². The monoisotopic (exact) mass is 497 g/mol. The lowest BCUT2D eigenvalue weighted by Crippen LogP contribution is -2.27. The topological polar surface area (TPSA) is 99.9 Å². The number of nitrogens with zero attached hydrogens (tertiary/aromatic N) is 3. The summed E-state index contributed by atoms with van der Waals surface area (Å²) in [5.41, 5.74) is 3.38. The summed E-state index contributed by atoms with van der Waals surface area (Å²) in [5, 5.41) is 16.1. The van der Waals surface area contributed by atoms with Crippen molar-refractivity contribution in [2.75, 3.05) is 0 Å². The number of hydrazone groups is 1. The lowest BCUT2D eigenvalue weighted by molar-refractivity contribution is 0.0711. The van der Waals surface area contributed by atoms with Crippen molar-refractivity contribution in [2.45, 2.75) is 23.1 Å². The number of rotatable bonds is 6. The Bertz CT molecular complexity index is 1520. The zero-order valence-electron chi connectivity index (χ0n) is 19.2. The fourth-order valence-electron chi connectivity index (χ4n) is 4.21. The molecule has 2 heterocycles. The van der Waals surface area contributed by atoms with E-state index in [1.165, 1.54) is 5.01 Å². The highest BCUT2D eigenvalue weighted by Gasteiger charge is 2.34. The summed E-state index contributed by atoms with van der Waals surface area (Å²) in [6, 6.07) is 25.3. The van der Waals surface area contributed by atoms with Crippen molar-refractivity contribution in [1.82, 2.24) is 9.99 Å². The summed E-state index contributed by atoms with van der Waals surface area (Å²) in [6.45, 7) is 0. The maximum Gasteiger partial charge on any atom is 0.274 e. The molecule has 0 saturated carbocycles. The average molecular weight is 498 g/mol. The number of hydrogen-bond acceptors (Lipinski definition) is 6. The molecule has 1 aromatic heterocycles. The van der Waals surface area contributed by atoms with Crippen LogP contribution in [0.4, 0.5) is 0 Å². The van der Waals surface area contributed by atoms with Gasteiger partial charge in [0.25, 0.3) is 5.91 Å². The number of phenols is 1. The molecule has 0 radical (unpaired) electrons. The molecular formula is C28H23N3O4S. The quantitative estimate of drug-likeness (QED) is 0.414. The lowest BCUT2D eigenvalue weighted by Gasteiger charge is -2.22. The Balaban J connectivity index is 1.42. The molecule has 180 valence electrons. The summed E-state index contributed by atoms with van der Waals surface area (Å²) in [4.78, 5) is 17.6. The highest BCUT2D eigenvalue weighted by atomic mass is 32.2. The van der Waals surface area contributed by atoms with Crippen molar-refractivity contribution >= 4 is 21.5 Å². The van der Waals surface area contributed by atoms with Crippen molar-refractivity contribution in [3.63, 3.8) is 0 Å². The Morgan fingerprint density at radius 1 is 0.917 bits per heavy atom. The maximum atomic E-state index is 13.3. The van der Waals surface area contributed by atoms with Gasteiger partial charge in [0.15, 0.2) is 9.84 Å². The van der Waals surface area contributed by atoms with Crippen LogP contribution < -0.4 is 0 Å². The van der Waals surface area contributed by atoms with E-state index < -0.39 is 15.9 Å². The molecule has 1 aliphatic heterocycles. The normalized spacial score (nSPS) is 15.5. The Morgan fingerprint density at radius 3 is 2.33 bits per heavy atom. The minimum atomic E-state index is -3.46. The van der Waals surface area contributed by atoms with Gasteiger partial charge in [-0.1, -0.05) is 54.6 Å². The van der Waals surface area contributed by atoms with Crippen LogP contribution in [0.3, 0.4) is 0 Å². The number of hydrogen-bond donors (Lipinski definition) is 1. The molecule has 8 heteroatoms. The van der Waals surface area contributed by atoms with Gasteiger partial charge in [0.05, 0.1) is 22.4 Å². The first kappa shape index (κ1) is 23.4. The average Bonchev–Trinajstić information content (AvgIpc) is 3.35. The Kier molecular flexibility index (Phi) is 6.35. The summed E-state index contributed by atoms with van der Waals surface area (Å²) in [6.07, 6.45) is 3.56. The van der Waals surface area contributed by atoms with Crippen LogP contribution in [0.25, 0.3) is 0 Å². The van der Waals surface area contributed by atoms with Crippen LogP contribution >= 0.6 is 0 Å². The number of amides is 1. The molecule has 1 atom stereocenters. The van der Waals surface area contributed by atoms with Gasteiger partial charge in [-0.15, -0.1) is 0 Å². The van der Waals surface area contributed by atoms with E-state index in [4.69, 9.17) is 0 Å². The predicted molar refractivity (Wildman–Crippen MR) is 136 cm³/mol. The van der Waals surface area contributed by atoms with E-state index in [2.05, 4.69) is 10.1 Å². The maximum absolute atomic E-state index is 13.3. The van der Waals surface area contributed by atoms with E-state index in [0.29, 0.717) is 23.3 Å². The molecule has 1 N–H and O–H groups in total. The van der Waals surface area contributed by atoms with Crippen LogP contribution in [0.5, 0.6) is 5.75 Å². The molecule has 1 aliphatic rings. The van der Waals surface area contributed by atoms with E-state index in [1.54, 1.807) is 85.2 Å². The zero-order chi connectivity index (χ0) is 25.1. The van der Waals surface area contributed by atoms with Gasteiger partial charge in [0.1, 0.15) is 5.75 Å². The first-order chi connectivity index (χ1) is 17.4. The molecule has 5 rings (SSSR count). The van der Waals surface area contributed by atoms with E-state index in [1.807, 2.05) is 18.2 Å². The van der Waals surface area contributed by atoms with Gasteiger partial charge in [-0.05, 0) is 53.1 Å². The van der Waals surface area contributed by atoms with Gasteiger partial charge in [-0.25, -0.2) is 13.4 Å². The van der Waals surface area contributed by atoms with E-state index in [-0.39, 0.29) is 22.3 Å². The highest BCUT2D eigenvalue weighted by Crippen LogP contribution is 2.35. The van der Waals surface area contributed by atoms with Crippen molar-refractivity contribution in [2.24, 2.45) is 5.10 Å². The molecule has 36 heavy (non-hydrogen) atoms. The molecule has 0 aliphatic carbocycles. The Hall–Kier alpha value is -4.30. The van der Waals surface area contributed by atoms with E-state index in [9.17, 15) is 18.3 Å². The molecule has 3 aromatic carbocycles. The number of carbonyl (C=O) groups excluding carboxylic acids is 1. The summed E-state index contributed by atoms with van der Waals surface area (Å²) in [7, 11) is -3.46. The minimum Gasteiger partial charge on any atom is -0.508 e. The largest absolute Gasteiger partial charge is 0.508 e. The first-order valence-electron chi connectivity index (χ1n) is 11.4. The molecule has 0 fully saturated rings. The molecule has 4 aromatic rings. The zero-order valence-corrected chi connectivity index (χ0v) is 20.0. The molecular weight excluding hydrogens is 474 g/mol. The highest BCUT2D eigenvalue weighted by molar-refractivity contribution is 7.90. The molecule has 0 bridgehead atoms. The number of benzene rings is 3. The second-order valence-corrected chi connectivity index (χ2v) is 10.5. The number of carbonyl (C=O) groups is 1. The smallest absolute Gasteiger partial charge is 0.274 e. The van der Waals surface area contributed by atoms with Crippen LogP contribution in [0.1, 0.15) is 39.5 Å². The van der Waals surface area contributed by atoms with E-state index in [0.717, 1.165) is 11.1 Å². The van der Waals surface area contributed by atoms with Crippen LogP contribution in [0, 0.1) is 0 Å². The van der Waals surface area contributed by atoms with Gasteiger partial charge >= 0.3 is 0 Å². The van der Waals surface area contributed by atoms with Crippen molar-refractivity contribution in [1.29, 1.82) is 0 Å². The third-order valence-corrected chi connectivity index (χ3v) is 7.75. The lowest BCUT2D eigenvalue weighted by atomic mass is 9.97. The van der Waals surface area contributed by atoms with Crippen molar-refractivity contribution in [3.8, 4) is 5.75 Å². The Labute approximate surface area is 209 Å². The number of phenolic OH excluding ortho intramolecular Hbond substituents is 1. The van der Waals surface area contributed by atoms with Gasteiger partial charge in [0, 0.05) is 24.4 Å². The van der Waals surface area contributed by atoms with Gasteiger partial charge in [-0.2, -0.15) is 5.10 Å². The van der Waals surface area contributed by atoms with E-state index >= 15 is 0 Å². The van der Waals surface area contributed by atoms with Crippen LogP contribution in [0.2, 0.25) is 0 Å². The first-order valence-corrected chi connectivity index (χ1v) is 13.0. The molecule has 0 spiro atoms. The third kappa shape index (κ3) is 4.89. The SMILES string of the molecule is O=C(c1ccncc1)N1N=C(c2ccc(CS(=O)(=O)c3ccccc3)cc2)CC1c1cccc(O)c1. The van der Waals surface area contributed by atoms with Gasteiger partial charge < -0.3 is 5.11 Å². The standard InChI is InChI=1S/C28H23N3O4S/c32-24-6-4-5-23(17-24)27-18-26(30-31(27)28(33)22-13-15-29-16-14-22)21-11-9-20(10-12-21)19-36(34,35)25-7-2-1-3-8-25/h1-17,27,32H,18-19H2.